The molecule has 0 saturated carbocycles. The van der Waals surface area contributed by atoms with Crippen molar-refractivity contribution in [2.24, 2.45) is 44.4 Å². The second-order valence-corrected chi connectivity index (χ2v) is 9.61. The summed E-state index contributed by atoms with van der Waals surface area (Å²) < 4.78 is 5.28. The molecular weight excluding hydrogens is 528 g/mol. The van der Waals surface area contributed by atoms with Crippen LogP contribution in [0, 0.1) is 0 Å². The number of nitrogens with zero attached hydrogens (tertiary/aromatic N) is 2. The highest BCUT2D eigenvalue weighted by Gasteiger charge is 2.27. The highest BCUT2D eigenvalue weighted by Crippen LogP contribution is 2.22. The number of amides is 3. The molecule has 3 atom stereocenters. The topological polar surface area (TPSA) is 265 Å². The number of hydrogen-bond acceptors (Lipinski definition) is 7. The second-order valence-electron chi connectivity index (χ2n) is 9.61. The van der Waals surface area contributed by atoms with Crippen molar-refractivity contribution in [2.45, 2.75) is 56.7 Å². The fourth-order valence-corrected chi connectivity index (χ4v) is 4.13. The number of aryl methyl sites for hydroxylation is 1. The Morgan fingerprint density at radius 3 is 1.98 bits per heavy atom. The molecule has 0 heterocycles. The van der Waals surface area contributed by atoms with E-state index in [1.165, 1.54) is 0 Å². The van der Waals surface area contributed by atoms with Gasteiger partial charge in [-0.15, -0.1) is 0 Å². The van der Waals surface area contributed by atoms with Gasteiger partial charge in [0.15, 0.2) is 11.9 Å². The number of nitrogens with one attached hydrogen (secondary N) is 2. The Balaban J connectivity index is 2.14. The number of fused-ring (bicyclic) bond motifs is 1. The van der Waals surface area contributed by atoms with Gasteiger partial charge in [-0.05, 0) is 67.0 Å². The first-order chi connectivity index (χ1) is 19.5. The van der Waals surface area contributed by atoms with E-state index in [4.69, 9.17) is 39.1 Å². The molecule has 0 bridgehead atoms. The lowest BCUT2D eigenvalue weighted by molar-refractivity contribution is -0.132. The summed E-state index contributed by atoms with van der Waals surface area (Å²) in [5, 5.41) is 7.40. The number of rotatable bonds is 17. The summed E-state index contributed by atoms with van der Waals surface area (Å²) in [6.45, 7) is 0.589. The van der Waals surface area contributed by atoms with Crippen molar-refractivity contribution in [2.75, 3.05) is 20.2 Å². The zero-order valence-corrected chi connectivity index (χ0v) is 23.3. The van der Waals surface area contributed by atoms with Gasteiger partial charge in [0, 0.05) is 13.1 Å². The van der Waals surface area contributed by atoms with E-state index in [0.29, 0.717) is 32.2 Å². The quantitative estimate of drug-likeness (QED) is 0.0635. The molecule has 0 unspecified atom stereocenters. The van der Waals surface area contributed by atoms with E-state index in [2.05, 4.69) is 20.6 Å². The van der Waals surface area contributed by atoms with Crippen LogP contribution in [-0.4, -0.2) is 68.0 Å². The van der Waals surface area contributed by atoms with Gasteiger partial charge in [0.25, 0.3) is 0 Å². The van der Waals surface area contributed by atoms with Crippen LogP contribution < -0.4 is 49.8 Å². The average molecular weight is 571 g/mol. The number of guanidine groups is 2. The molecule has 14 nitrogen and oxygen atoms in total. The summed E-state index contributed by atoms with van der Waals surface area (Å²) in [6.07, 6.45) is 2.12. The summed E-state index contributed by atoms with van der Waals surface area (Å²) in [4.78, 5) is 46.0. The number of carbonyl (C=O) groups excluding carboxylic acids is 3. The monoisotopic (exact) mass is 570 g/mol. The summed E-state index contributed by atoms with van der Waals surface area (Å²) in [7, 11) is 1.61. The third kappa shape index (κ3) is 11.6. The maximum absolute atomic E-state index is 13.3. The summed E-state index contributed by atoms with van der Waals surface area (Å²) in [5.41, 5.74) is 33.8. The minimum atomic E-state index is -0.975. The number of hydrogen-bond donors (Lipinski definition) is 8. The first-order valence-corrected chi connectivity index (χ1v) is 13.3. The lowest BCUT2D eigenvalue weighted by Crippen LogP contribution is -2.55. The predicted molar refractivity (Wildman–Crippen MR) is 160 cm³/mol. The third-order valence-electron chi connectivity index (χ3n) is 6.38. The van der Waals surface area contributed by atoms with Gasteiger partial charge in [0.05, 0.1) is 13.2 Å². The zero-order chi connectivity index (χ0) is 30.4. The number of primary amides is 1. The molecule has 0 radical (unpaired) electrons. The van der Waals surface area contributed by atoms with Crippen molar-refractivity contribution in [1.82, 2.24) is 10.6 Å². The third-order valence-corrected chi connectivity index (χ3v) is 6.38. The minimum absolute atomic E-state index is 0.0464. The van der Waals surface area contributed by atoms with Gasteiger partial charge in [0.1, 0.15) is 17.8 Å². The molecular formula is C27H42N10O4. The summed E-state index contributed by atoms with van der Waals surface area (Å²) in [6, 6.07) is 8.84. The van der Waals surface area contributed by atoms with E-state index >= 15 is 0 Å². The Hall–Kier alpha value is -4.59. The zero-order valence-electron chi connectivity index (χ0n) is 23.3. The van der Waals surface area contributed by atoms with E-state index in [-0.39, 0.29) is 31.3 Å². The number of benzene rings is 2. The van der Waals surface area contributed by atoms with Gasteiger partial charge in [-0.1, -0.05) is 24.3 Å². The lowest BCUT2D eigenvalue weighted by Gasteiger charge is -2.23. The van der Waals surface area contributed by atoms with Crippen LogP contribution in [-0.2, 0) is 20.8 Å². The summed E-state index contributed by atoms with van der Waals surface area (Å²) >= 11 is 0. The van der Waals surface area contributed by atoms with Crippen molar-refractivity contribution < 1.29 is 19.1 Å². The van der Waals surface area contributed by atoms with Gasteiger partial charge in [-0.2, -0.15) is 0 Å². The normalized spacial score (nSPS) is 12.9. The second kappa shape index (κ2) is 16.5. The first kappa shape index (κ1) is 32.6. The van der Waals surface area contributed by atoms with Crippen molar-refractivity contribution in [3.05, 3.63) is 42.0 Å². The Labute approximate surface area is 239 Å². The number of methoxy groups -OCH3 is 1. The van der Waals surface area contributed by atoms with E-state index < -0.39 is 35.8 Å². The van der Waals surface area contributed by atoms with Crippen molar-refractivity contribution in [3.63, 3.8) is 0 Å². The van der Waals surface area contributed by atoms with Crippen molar-refractivity contribution >= 4 is 40.4 Å². The average Bonchev–Trinajstić information content (AvgIpc) is 2.93. The van der Waals surface area contributed by atoms with Crippen LogP contribution in [0.1, 0.15) is 37.7 Å². The SMILES string of the molecule is COc1ccc2cc(CC[C@H](NC(=O)[C@H](N)CCCN=C(N)N)C(=O)N[C@H](CCCN=C(N)N)C(N)=O)ccc2c1. The maximum atomic E-state index is 13.3. The smallest absolute Gasteiger partial charge is 0.243 e. The molecule has 0 aromatic heterocycles. The van der Waals surface area contributed by atoms with Gasteiger partial charge in [0.2, 0.25) is 17.7 Å². The number of ether oxygens (including phenoxy) is 1. The highest BCUT2D eigenvalue weighted by atomic mass is 16.5. The van der Waals surface area contributed by atoms with Gasteiger partial charge in [-0.25, -0.2) is 0 Å². The number of aliphatic imine (C=N–C) groups is 2. The molecule has 2 aromatic rings. The van der Waals surface area contributed by atoms with Gasteiger partial charge < -0.3 is 49.8 Å². The molecule has 14 heteroatoms. The molecule has 0 saturated heterocycles. The Kier molecular flexibility index (Phi) is 13.1. The molecule has 41 heavy (non-hydrogen) atoms. The summed E-state index contributed by atoms with van der Waals surface area (Å²) in [5.74, 6) is -1.15. The van der Waals surface area contributed by atoms with Crippen LogP contribution in [0.15, 0.2) is 46.4 Å². The van der Waals surface area contributed by atoms with Crippen LogP contribution in [0.5, 0.6) is 5.75 Å². The Morgan fingerprint density at radius 1 is 0.780 bits per heavy atom. The molecule has 14 N–H and O–H groups in total. The van der Waals surface area contributed by atoms with Crippen LogP contribution in [0.3, 0.4) is 0 Å². The molecule has 2 aromatic carbocycles. The number of nitrogens with two attached hydrogens (primary N) is 6. The lowest BCUT2D eigenvalue weighted by atomic mass is 10.00. The van der Waals surface area contributed by atoms with Crippen LogP contribution in [0.25, 0.3) is 10.8 Å². The molecule has 0 aliphatic heterocycles. The van der Waals surface area contributed by atoms with Crippen molar-refractivity contribution in [3.8, 4) is 5.75 Å². The fourth-order valence-electron chi connectivity index (χ4n) is 4.13. The number of carbonyl (C=O) groups is 3. The largest absolute Gasteiger partial charge is 0.497 e. The molecule has 0 spiro atoms. The predicted octanol–water partition coefficient (Wildman–Crippen LogP) is -1.33. The molecule has 2 rings (SSSR count). The molecule has 224 valence electrons. The maximum Gasteiger partial charge on any atom is 0.243 e. The molecule has 3 amide bonds. The van der Waals surface area contributed by atoms with Crippen LogP contribution in [0.4, 0.5) is 0 Å². The van der Waals surface area contributed by atoms with Crippen LogP contribution >= 0.6 is 0 Å². The van der Waals surface area contributed by atoms with E-state index in [0.717, 1.165) is 22.1 Å². The molecule has 0 aliphatic carbocycles. The van der Waals surface area contributed by atoms with Gasteiger partial charge in [-0.3, -0.25) is 24.4 Å². The molecule has 0 aliphatic rings. The van der Waals surface area contributed by atoms with Crippen LogP contribution in [0.2, 0.25) is 0 Å². The standard InChI is InChI=1S/C27H42N10O4/c1-41-19-10-9-17-14-16(6-8-18(17)15-19)7-11-22(37-24(39)20(28)4-2-12-34-26(30)31)25(40)36-21(23(29)38)5-3-13-35-27(32)33/h6,8-10,14-15,20-22H,2-5,7,11-13,28H2,1H3,(H2,29,38)(H,36,40)(H,37,39)(H4,30,31,34)(H4,32,33,35)/t20-,21-,22+/m1/s1. The highest BCUT2D eigenvalue weighted by molar-refractivity contribution is 5.92. The van der Waals surface area contributed by atoms with Gasteiger partial charge >= 0.3 is 0 Å². The Morgan fingerprint density at radius 2 is 1.37 bits per heavy atom. The van der Waals surface area contributed by atoms with E-state index in [1.807, 2.05) is 36.4 Å². The minimum Gasteiger partial charge on any atom is -0.497 e. The Bertz CT molecular complexity index is 1240. The van der Waals surface area contributed by atoms with Crippen molar-refractivity contribution in [1.29, 1.82) is 0 Å². The molecule has 0 fully saturated rings. The first-order valence-electron chi connectivity index (χ1n) is 13.3. The fraction of sp³-hybridized carbons (Fsp3) is 0.444. The van der Waals surface area contributed by atoms with E-state index in [1.54, 1.807) is 7.11 Å². The van der Waals surface area contributed by atoms with E-state index in [9.17, 15) is 14.4 Å².